The fraction of sp³-hybridized carbons (Fsp3) is 0.286. The number of hydrogen-bond donors (Lipinski definition) is 0. The molecule has 1 aromatic heterocycles. The molecule has 0 amide bonds. The van der Waals surface area contributed by atoms with Gasteiger partial charge in [0.25, 0.3) is 0 Å². The summed E-state index contributed by atoms with van der Waals surface area (Å²) in [5, 5.41) is 0. The molecule has 0 spiro atoms. The van der Waals surface area contributed by atoms with Crippen LogP contribution in [-0.4, -0.2) is 24.7 Å². The Bertz CT molecular complexity index is 561. The normalized spacial score (nSPS) is 10.1. The lowest BCUT2D eigenvalue weighted by Gasteiger charge is -2.03. The smallest absolute Gasteiger partial charge is 0.394 e. The van der Waals surface area contributed by atoms with Crippen molar-refractivity contribution in [3.63, 3.8) is 0 Å². The van der Waals surface area contributed by atoms with E-state index in [1.165, 1.54) is 6.26 Å². The van der Waals surface area contributed by atoms with Crippen LogP contribution in [0, 0.1) is 0 Å². The van der Waals surface area contributed by atoms with Crippen molar-refractivity contribution in [1.82, 2.24) is 4.98 Å². The number of methoxy groups -OCH3 is 1. The molecule has 1 heterocycles. The van der Waals surface area contributed by atoms with E-state index in [2.05, 4.69) is 4.98 Å². The minimum absolute atomic E-state index is 0.0314. The van der Waals surface area contributed by atoms with Gasteiger partial charge in [-0.1, -0.05) is 12.1 Å². The molecule has 0 unspecified atom stereocenters. The number of oxazole rings is 1. The van der Waals surface area contributed by atoms with Crippen molar-refractivity contribution in [3.8, 4) is 11.8 Å². The summed E-state index contributed by atoms with van der Waals surface area (Å²) in [7, 11) is 1.61. The molecule has 106 valence electrons. The molecule has 2 rings (SSSR count). The summed E-state index contributed by atoms with van der Waals surface area (Å²) in [6.07, 6.45) is 1.24. The summed E-state index contributed by atoms with van der Waals surface area (Å²) in [6.45, 7) is 2.29. The maximum atomic E-state index is 11.4. The predicted octanol–water partition coefficient (Wildman–Crippen LogP) is 2.44. The van der Waals surface area contributed by atoms with E-state index in [9.17, 15) is 4.79 Å². The Morgan fingerprint density at radius 1 is 1.30 bits per heavy atom. The summed E-state index contributed by atoms with van der Waals surface area (Å²) in [5.41, 5.74) is 1.03. The number of nitrogens with zero attached hydrogens (tertiary/aromatic N) is 1. The first-order valence-electron chi connectivity index (χ1n) is 6.11. The zero-order valence-electron chi connectivity index (χ0n) is 11.3. The van der Waals surface area contributed by atoms with E-state index in [0.717, 1.165) is 11.3 Å². The summed E-state index contributed by atoms with van der Waals surface area (Å²) >= 11 is 0. The maximum Gasteiger partial charge on any atom is 0.394 e. The van der Waals surface area contributed by atoms with E-state index >= 15 is 0 Å². The summed E-state index contributed by atoms with van der Waals surface area (Å²) in [4.78, 5) is 15.3. The van der Waals surface area contributed by atoms with E-state index in [-0.39, 0.29) is 25.0 Å². The van der Waals surface area contributed by atoms with Gasteiger partial charge in [-0.05, 0) is 24.6 Å². The molecule has 6 nitrogen and oxygen atoms in total. The molecule has 0 saturated carbocycles. The van der Waals surface area contributed by atoms with Gasteiger partial charge in [0.05, 0.1) is 13.7 Å². The highest BCUT2D eigenvalue weighted by Crippen LogP contribution is 2.15. The Hall–Kier alpha value is -2.50. The lowest BCUT2D eigenvalue weighted by atomic mass is 10.2. The topological polar surface area (TPSA) is 70.8 Å². The van der Waals surface area contributed by atoms with E-state index in [1.807, 2.05) is 24.3 Å². The van der Waals surface area contributed by atoms with Gasteiger partial charge in [0.15, 0.2) is 5.69 Å². The zero-order chi connectivity index (χ0) is 14.4. The van der Waals surface area contributed by atoms with Gasteiger partial charge in [0.2, 0.25) is 0 Å². The molecule has 0 aliphatic rings. The van der Waals surface area contributed by atoms with Crippen LogP contribution in [0.4, 0.5) is 0 Å². The fourth-order valence-electron chi connectivity index (χ4n) is 1.49. The van der Waals surface area contributed by atoms with Crippen LogP contribution >= 0.6 is 0 Å². The average Bonchev–Trinajstić information content (AvgIpc) is 2.95. The third kappa shape index (κ3) is 3.50. The van der Waals surface area contributed by atoms with Gasteiger partial charge >= 0.3 is 12.0 Å². The first kappa shape index (κ1) is 13.9. The van der Waals surface area contributed by atoms with Crippen LogP contribution in [0.15, 0.2) is 34.9 Å². The molecule has 0 N–H and O–H groups in total. The van der Waals surface area contributed by atoms with Gasteiger partial charge in [-0.15, -0.1) is 0 Å². The van der Waals surface area contributed by atoms with Crippen LogP contribution in [0.2, 0.25) is 0 Å². The van der Waals surface area contributed by atoms with Crippen molar-refractivity contribution in [1.29, 1.82) is 0 Å². The first-order valence-corrected chi connectivity index (χ1v) is 6.11. The summed E-state index contributed by atoms with van der Waals surface area (Å²) < 4.78 is 20.2. The molecule has 2 aromatic rings. The second-order valence-electron chi connectivity index (χ2n) is 3.86. The van der Waals surface area contributed by atoms with Crippen LogP contribution in [0.25, 0.3) is 0 Å². The predicted molar refractivity (Wildman–Crippen MR) is 69.8 cm³/mol. The molecule has 0 radical (unpaired) electrons. The van der Waals surface area contributed by atoms with Gasteiger partial charge in [-0.25, -0.2) is 4.79 Å². The molecule has 1 aromatic carbocycles. The van der Waals surface area contributed by atoms with Crippen molar-refractivity contribution < 1.29 is 23.4 Å². The second-order valence-corrected chi connectivity index (χ2v) is 3.86. The monoisotopic (exact) mass is 277 g/mol. The number of hydrogen-bond acceptors (Lipinski definition) is 6. The lowest BCUT2D eigenvalue weighted by Crippen LogP contribution is -2.05. The van der Waals surface area contributed by atoms with Gasteiger partial charge in [-0.2, -0.15) is 4.98 Å². The molecule has 0 atom stereocenters. The number of carbonyl (C=O) groups is 1. The maximum absolute atomic E-state index is 11.4. The summed E-state index contributed by atoms with van der Waals surface area (Å²) in [6, 6.07) is 7.40. The van der Waals surface area contributed by atoms with Gasteiger partial charge in [0, 0.05) is 0 Å². The Balaban J connectivity index is 1.91. The van der Waals surface area contributed by atoms with E-state index in [4.69, 9.17) is 18.6 Å². The van der Waals surface area contributed by atoms with Crippen molar-refractivity contribution in [2.45, 2.75) is 13.5 Å². The number of benzene rings is 1. The SMILES string of the molecule is CCOC(=O)c1coc(OCc2ccc(OC)cc2)n1. The van der Waals surface area contributed by atoms with Crippen molar-refractivity contribution in [2.75, 3.05) is 13.7 Å². The third-order valence-electron chi connectivity index (χ3n) is 2.49. The number of carbonyl (C=O) groups excluding carboxylic acids is 1. The molecule has 0 fully saturated rings. The minimum Gasteiger partial charge on any atom is -0.497 e. The second kappa shape index (κ2) is 6.60. The highest BCUT2D eigenvalue weighted by Gasteiger charge is 2.13. The Labute approximate surface area is 116 Å². The van der Waals surface area contributed by atoms with E-state index < -0.39 is 5.97 Å². The van der Waals surface area contributed by atoms with Gasteiger partial charge in [0.1, 0.15) is 18.6 Å². The van der Waals surface area contributed by atoms with Crippen LogP contribution in [0.1, 0.15) is 23.0 Å². The standard InChI is InChI=1S/C14H15NO5/c1-3-18-13(16)12-9-20-14(15-12)19-8-10-4-6-11(17-2)7-5-10/h4-7,9H,3,8H2,1-2H3. The highest BCUT2D eigenvalue weighted by molar-refractivity contribution is 5.86. The fourth-order valence-corrected chi connectivity index (χ4v) is 1.49. The van der Waals surface area contributed by atoms with Gasteiger partial charge in [-0.3, -0.25) is 0 Å². The molecular formula is C14H15NO5. The van der Waals surface area contributed by atoms with Crippen molar-refractivity contribution >= 4 is 5.97 Å². The molecule has 0 bridgehead atoms. The lowest BCUT2D eigenvalue weighted by molar-refractivity contribution is 0.0519. The Morgan fingerprint density at radius 3 is 2.70 bits per heavy atom. The highest BCUT2D eigenvalue weighted by atomic mass is 16.6. The van der Waals surface area contributed by atoms with Crippen molar-refractivity contribution in [3.05, 3.63) is 41.8 Å². The zero-order valence-corrected chi connectivity index (χ0v) is 11.3. The molecule has 6 heteroatoms. The molecule has 0 saturated heterocycles. The number of rotatable bonds is 6. The number of ether oxygens (including phenoxy) is 3. The van der Waals surface area contributed by atoms with E-state index in [0.29, 0.717) is 0 Å². The Kier molecular flexibility index (Phi) is 4.60. The Morgan fingerprint density at radius 2 is 2.05 bits per heavy atom. The van der Waals surface area contributed by atoms with Gasteiger partial charge < -0.3 is 18.6 Å². The molecular weight excluding hydrogens is 262 g/mol. The third-order valence-corrected chi connectivity index (χ3v) is 2.49. The van der Waals surface area contributed by atoms with E-state index in [1.54, 1.807) is 14.0 Å². The van der Waals surface area contributed by atoms with Crippen LogP contribution in [0.3, 0.4) is 0 Å². The average molecular weight is 277 g/mol. The molecule has 0 aliphatic carbocycles. The number of aromatic nitrogens is 1. The largest absolute Gasteiger partial charge is 0.497 e. The minimum atomic E-state index is -0.532. The number of esters is 1. The van der Waals surface area contributed by atoms with Crippen molar-refractivity contribution in [2.24, 2.45) is 0 Å². The quantitative estimate of drug-likeness (QED) is 0.755. The van der Waals surface area contributed by atoms with Crippen LogP contribution < -0.4 is 9.47 Å². The van der Waals surface area contributed by atoms with Crippen LogP contribution in [-0.2, 0) is 11.3 Å². The van der Waals surface area contributed by atoms with Crippen LogP contribution in [0.5, 0.6) is 11.8 Å². The molecule has 20 heavy (non-hydrogen) atoms. The summed E-state index contributed by atoms with van der Waals surface area (Å²) in [5.74, 6) is 0.241. The molecule has 0 aliphatic heterocycles. The first-order chi connectivity index (χ1) is 9.72.